The van der Waals surface area contributed by atoms with Crippen LogP contribution in [0.5, 0.6) is 0 Å². The van der Waals surface area contributed by atoms with Crippen molar-refractivity contribution in [2.45, 2.75) is 95.3 Å². The molecule has 0 aromatic rings. The predicted molar refractivity (Wildman–Crippen MR) is 113 cm³/mol. The molecule has 3 fully saturated rings. The summed E-state index contributed by atoms with van der Waals surface area (Å²) < 4.78 is 6.17. The number of rotatable bonds is 12. The van der Waals surface area contributed by atoms with E-state index in [0.717, 1.165) is 51.5 Å². The van der Waals surface area contributed by atoms with Gasteiger partial charge in [-0.05, 0) is 69.7 Å². The van der Waals surface area contributed by atoms with Gasteiger partial charge in [-0.3, -0.25) is 9.59 Å². The maximum Gasteiger partial charge on any atom is 0.303 e. The van der Waals surface area contributed by atoms with Crippen molar-refractivity contribution in [3.8, 4) is 0 Å². The van der Waals surface area contributed by atoms with E-state index in [4.69, 9.17) is 9.84 Å². The molecule has 1 aliphatic carbocycles. The molecule has 164 valence electrons. The Morgan fingerprint density at radius 2 is 1.76 bits per heavy atom. The maximum atomic E-state index is 12.1. The van der Waals surface area contributed by atoms with Crippen LogP contribution in [-0.4, -0.2) is 48.3 Å². The van der Waals surface area contributed by atoms with Crippen molar-refractivity contribution in [1.29, 1.82) is 0 Å². The fraction of sp³-hybridized carbons (Fsp3) is 0.826. The van der Waals surface area contributed by atoms with Crippen LogP contribution in [0.15, 0.2) is 12.2 Å². The van der Waals surface area contributed by atoms with Crippen LogP contribution in [0.1, 0.15) is 77.0 Å². The number of unbranched alkanes of at least 4 members (excludes halogenated alkanes) is 1. The summed E-state index contributed by atoms with van der Waals surface area (Å²) in [6.45, 7) is 1.26. The van der Waals surface area contributed by atoms with Crippen LogP contribution < -0.4 is 10.6 Å². The Bertz CT molecular complexity index is 559. The lowest BCUT2D eigenvalue weighted by Crippen LogP contribution is -2.42. The van der Waals surface area contributed by atoms with Crippen LogP contribution >= 0.6 is 0 Å². The van der Waals surface area contributed by atoms with E-state index in [0.29, 0.717) is 43.1 Å². The number of carboxylic acids is 1. The molecule has 2 aliphatic heterocycles. The van der Waals surface area contributed by atoms with Crippen LogP contribution in [-0.2, 0) is 14.3 Å². The average Bonchev–Trinajstić information content (AvgIpc) is 3.30. The van der Waals surface area contributed by atoms with Crippen molar-refractivity contribution < 1.29 is 19.4 Å². The zero-order chi connectivity index (χ0) is 20.5. The minimum atomic E-state index is -0.722. The average molecular weight is 407 g/mol. The first-order chi connectivity index (χ1) is 14.1. The van der Waals surface area contributed by atoms with Crippen molar-refractivity contribution in [3.05, 3.63) is 12.2 Å². The third-order valence-corrected chi connectivity index (χ3v) is 6.84. The molecule has 2 heterocycles. The Kier molecular flexibility index (Phi) is 8.99. The van der Waals surface area contributed by atoms with E-state index in [1.807, 2.05) is 0 Å². The van der Waals surface area contributed by atoms with Crippen LogP contribution in [0.2, 0.25) is 0 Å². The summed E-state index contributed by atoms with van der Waals surface area (Å²) in [4.78, 5) is 22.7. The molecule has 0 spiro atoms. The zero-order valence-corrected chi connectivity index (χ0v) is 17.6. The minimum absolute atomic E-state index is 0.127. The lowest BCUT2D eigenvalue weighted by Gasteiger charge is -2.27. The molecule has 0 unspecified atom stereocenters. The molecule has 2 bridgehead atoms. The maximum absolute atomic E-state index is 12.1. The van der Waals surface area contributed by atoms with Gasteiger partial charge >= 0.3 is 5.97 Å². The van der Waals surface area contributed by atoms with Gasteiger partial charge in [0.1, 0.15) is 0 Å². The molecule has 1 amide bonds. The molecular weight excluding hydrogens is 368 g/mol. The van der Waals surface area contributed by atoms with Gasteiger partial charge in [0.25, 0.3) is 0 Å². The summed E-state index contributed by atoms with van der Waals surface area (Å²) in [7, 11) is 0. The number of allylic oxidation sites excluding steroid dienone is 2. The molecular formula is C23H38N2O4. The standard InChI is InChI=1S/C23H38N2O4/c26-22(25-17-8-4-3-5-9-17)16-24-15-14-19-18(20-12-13-21(19)29-20)10-6-1-2-7-11-23(27)28/h1,6,17-21,24H,2-5,7-16H2,(H,25,26)(H,27,28)/b6-1-/t18-,19+,20-,21+/m1/s1. The monoisotopic (exact) mass is 406 g/mol. The number of carbonyl (C=O) groups excluding carboxylic acids is 1. The van der Waals surface area contributed by atoms with Crippen molar-refractivity contribution in [2.24, 2.45) is 11.8 Å². The van der Waals surface area contributed by atoms with Crippen LogP contribution in [0.25, 0.3) is 0 Å². The van der Waals surface area contributed by atoms with E-state index in [-0.39, 0.29) is 12.3 Å². The third kappa shape index (κ3) is 7.10. The number of aliphatic carboxylic acids is 1. The summed E-state index contributed by atoms with van der Waals surface area (Å²) in [5.74, 6) is 0.524. The largest absolute Gasteiger partial charge is 0.481 e. The van der Waals surface area contributed by atoms with Gasteiger partial charge in [0.2, 0.25) is 5.91 Å². The number of hydrogen-bond donors (Lipinski definition) is 3. The van der Waals surface area contributed by atoms with E-state index in [9.17, 15) is 9.59 Å². The molecule has 6 nitrogen and oxygen atoms in total. The number of carbonyl (C=O) groups is 2. The Hall–Kier alpha value is -1.40. The minimum Gasteiger partial charge on any atom is -0.481 e. The first kappa shape index (κ1) is 22.3. The molecule has 3 N–H and O–H groups in total. The summed E-state index contributed by atoms with van der Waals surface area (Å²) in [6, 6.07) is 0.378. The van der Waals surface area contributed by atoms with Crippen molar-refractivity contribution in [3.63, 3.8) is 0 Å². The number of carboxylic acid groups (broad SMARTS) is 1. The fourth-order valence-corrected chi connectivity index (χ4v) is 5.34. The molecule has 1 saturated carbocycles. The van der Waals surface area contributed by atoms with Crippen LogP contribution in [0.3, 0.4) is 0 Å². The Labute approximate surface area is 174 Å². The first-order valence-electron chi connectivity index (χ1n) is 11.7. The lowest BCUT2D eigenvalue weighted by atomic mass is 9.76. The van der Waals surface area contributed by atoms with Crippen molar-refractivity contribution in [2.75, 3.05) is 13.1 Å². The van der Waals surface area contributed by atoms with Crippen LogP contribution in [0, 0.1) is 11.8 Å². The van der Waals surface area contributed by atoms with Gasteiger partial charge in [-0.25, -0.2) is 0 Å². The van der Waals surface area contributed by atoms with Gasteiger partial charge in [0.15, 0.2) is 0 Å². The van der Waals surface area contributed by atoms with Gasteiger partial charge in [0, 0.05) is 12.5 Å². The number of fused-ring (bicyclic) bond motifs is 2. The normalized spacial score (nSPS) is 29.5. The van der Waals surface area contributed by atoms with Gasteiger partial charge in [-0.2, -0.15) is 0 Å². The summed E-state index contributed by atoms with van der Waals surface area (Å²) in [6.07, 6.45) is 17.3. The highest BCUT2D eigenvalue weighted by Gasteiger charge is 2.47. The fourth-order valence-electron chi connectivity index (χ4n) is 5.34. The predicted octanol–water partition coefficient (Wildman–Crippen LogP) is 3.41. The first-order valence-corrected chi connectivity index (χ1v) is 11.7. The second kappa shape index (κ2) is 11.7. The summed E-state index contributed by atoms with van der Waals surface area (Å²) in [5.41, 5.74) is 0. The number of amides is 1. The Morgan fingerprint density at radius 3 is 2.52 bits per heavy atom. The molecule has 6 heteroatoms. The molecule has 0 aromatic carbocycles. The topological polar surface area (TPSA) is 87.7 Å². The SMILES string of the molecule is O=C(O)CCC/C=C\C[C@@H]1[C@H](CCNCC(=O)NC2CCCCC2)[C@@H]2CC[C@H]1O2. The van der Waals surface area contributed by atoms with E-state index in [1.165, 1.54) is 19.3 Å². The van der Waals surface area contributed by atoms with Crippen molar-refractivity contribution >= 4 is 11.9 Å². The number of ether oxygens (including phenoxy) is 1. The van der Waals surface area contributed by atoms with Gasteiger partial charge in [-0.1, -0.05) is 31.4 Å². The van der Waals surface area contributed by atoms with E-state index < -0.39 is 5.97 Å². The Morgan fingerprint density at radius 1 is 1.00 bits per heavy atom. The molecule has 0 radical (unpaired) electrons. The second-order valence-electron chi connectivity index (χ2n) is 8.98. The highest BCUT2D eigenvalue weighted by molar-refractivity contribution is 5.78. The third-order valence-electron chi connectivity index (χ3n) is 6.84. The van der Waals surface area contributed by atoms with Gasteiger partial charge < -0.3 is 20.5 Å². The van der Waals surface area contributed by atoms with Crippen LogP contribution in [0.4, 0.5) is 0 Å². The molecule has 0 aromatic heterocycles. The smallest absolute Gasteiger partial charge is 0.303 e. The number of hydrogen-bond acceptors (Lipinski definition) is 4. The second-order valence-corrected chi connectivity index (χ2v) is 8.98. The zero-order valence-electron chi connectivity index (χ0n) is 17.6. The molecule has 4 atom stereocenters. The summed E-state index contributed by atoms with van der Waals surface area (Å²) >= 11 is 0. The number of nitrogens with one attached hydrogen (secondary N) is 2. The van der Waals surface area contributed by atoms with E-state index in [1.54, 1.807) is 0 Å². The highest BCUT2D eigenvalue weighted by atomic mass is 16.5. The molecule has 2 saturated heterocycles. The highest BCUT2D eigenvalue weighted by Crippen LogP contribution is 2.46. The van der Waals surface area contributed by atoms with E-state index in [2.05, 4.69) is 22.8 Å². The van der Waals surface area contributed by atoms with Gasteiger partial charge in [0.05, 0.1) is 18.8 Å². The Balaban J connectivity index is 1.32. The lowest BCUT2D eigenvalue weighted by molar-refractivity contribution is -0.137. The van der Waals surface area contributed by atoms with Gasteiger partial charge in [-0.15, -0.1) is 0 Å². The molecule has 29 heavy (non-hydrogen) atoms. The van der Waals surface area contributed by atoms with Crippen molar-refractivity contribution in [1.82, 2.24) is 10.6 Å². The molecule has 3 rings (SSSR count). The van der Waals surface area contributed by atoms with E-state index >= 15 is 0 Å². The quantitative estimate of drug-likeness (QED) is 0.341. The summed E-state index contributed by atoms with van der Waals surface area (Å²) in [5, 5.41) is 15.2. The molecule has 3 aliphatic rings.